The van der Waals surface area contributed by atoms with Gasteiger partial charge in [0.1, 0.15) is 5.70 Å². The van der Waals surface area contributed by atoms with Crippen molar-refractivity contribution in [2.75, 3.05) is 24.9 Å². The minimum absolute atomic E-state index is 0.0874. The number of carbonyl (C=O) groups is 2. The van der Waals surface area contributed by atoms with Crippen molar-refractivity contribution in [1.82, 2.24) is 9.55 Å². The molecule has 0 aliphatic carbocycles. The number of imidazole rings is 1. The molecular formula is C21H19N3O4S. The lowest BCUT2D eigenvalue weighted by Crippen LogP contribution is -2.26. The summed E-state index contributed by atoms with van der Waals surface area (Å²) in [5.41, 5.74) is 2.68. The average Bonchev–Trinajstić information content (AvgIpc) is 3.28. The number of hydrogen-bond donors (Lipinski definition) is 0. The van der Waals surface area contributed by atoms with E-state index in [4.69, 9.17) is 14.5 Å². The molecule has 0 amide bonds. The predicted molar refractivity (Wildman–Crippen MR) is 110 cm³/mol. The van der Waals surface area contributed by atoms with E-state index in [1.165, 1.54) is 20.3 Å². The topological polar surface area (TPSA) is 73.7 Å². The molecule has 0 N–H and O–H groups in total. The zero-order chi connectivity index (χ0) is 20.4. The maximum atomic E-state index is 12.6. The van der Waals surface area contributed by atoms with Crippen LogP contribution in [0.1, 0.15) is 0 Å². The van der Waals surface area contributed by atoms with E-state index in [0.717, 1.165) is 28.7 Å². The highest BCUT2D eigenvalue weighted by Gasteiger charge is 2.27. The van der Waals surface area contributed by atoms with Gasteiger partial charge in [0.25, 0.3) is 0 Å². The molecule has 2 aliphatic heterocycles. The van der Waals surface area contributed by atoms with Crippen molar-refractivity contribution in [3.05, 3.63) is 66.2 Å². The lowest BCUT2D eigenvalue weighted by molar-refractivity contribution is -0.139. The zero-order valence-electron chi connectivity index (χ0n) is 16.0. The Hall–Kier alpha value is -3.26. The second kappa shape index (κ2) is 8.00. The molecule has 4 rings (SSSR count). The van der Waals surface area contributed by atoms with Crippen LogP contribution in [0.2, 0.25) is 0 Å². The van der Waals surface area contributed by atoms with Crippen molar-refractivity contribution >= 4 is 29.4 Å². The number of esters is 2. The van der Waals surface area contributed by atoms with Crippen molar-refractivity contribution < 1.29 is 19.1 Å². The van der Waals surface area contributed by atoms with Crippen LogP contribution >= 0.6 is 11.8 Å². The van der Waals surface area contributed by atoms with Crippen molar-refractivity contribution in [1.29, 1.82) is 0 Å². The number of nitrogens with zero attached hydrogens (tertiary/aromatic N) is 3. The maximum Gasteiger partial charge on any atom is 0.355 e. The number of allylic oxidation sites excluding steroid dienone is 2. The first-order chi connectivity index (χ1) is 14.1. The Labute approximate surface area is 172 Å². The van der Waals surface area contributed by atoms with Crippen LogP contribution < -0.4 is 4.90 Å². The van der Waals surface area contributed by atoms with Gasteiger partial charge >= 0.3 is 11.9 Å². The number of hydrogen-bond acceptors (Lipinski definition) is 7. The summed E-state index contributed by atoms with van der Waals surface area (Å²) < 4.78 is 11.9. The fraction of sp³-hybridized carbons (Fsp3) is 0.190. The third-order valence-electron chi connectivity index (χ3n) is 4.61. The molecule has 0 fully saturated rings. The van der Waals surface area contributed by atoms with Gasteiger partial charge in [0.05, 0.1) is 25.5 Å². The third kappa shape index (κ3) is 3.58. The van der Waals surface area contributed by atoms with Crippen LogP contribution in [0.25, 0.3) is 11.3 Å². The summed E-state index contributed by atoms with van der Waals surface area (Å²) >= 11 is 1.73. The number of methoxy groups -OCH3 is 2. The van der Waals surface area contributed by atoms with Gasteiger partial charge in [-0.3, -0.25) is 0 Å². The Morgan fingerprint density at radius 1 is 1.14 bits per heavy atom. The highest BCUT2D eigenvalue weighted by atomic mass is 32.2. The van der Waals surface area contributed by atoms with Crippen LogP contribution in [0.4, 0.5) is 5.69 Å². The molecule has 1 aromatic heterocycles. The standard InChI is InChI=1S/C21H19N3O4S/c1-27-19(25)16-8-3-4-9-24(18(16)20(26)28-2)15-7-5-6-14(12-15)17-13-23-10-11-29-21(23)22-17/h3-9,12-13H,10-11H2,1-2H3. The summed E-state index contributed by atoms with van der Waals surface area (Å²) in [6, 6.07) is 7.64. The highest BCUT2D eigenvalue weighted by Crippen LogP contribution is 2.32. The van der Waals surface area contributed by atoms with E-state index in [0.29, 0.717) is 5.69 Å². The number of aryl methyl sites for hydroxylation is 1. The molecule has 0 saturated carbocycles. The molecule has 0 saturated heterocycles. The van der Waals surface area contributed by atoms with Crippen LogP contribution in [0.3, 0.4) is 0 Å². The third-order valence-corrected chi connectivity index (χ3v) is 5.58. The molecule has 1 aromatic carbocycles. The SMILES string of the molecule is COC(=O)C1=C(C(=O)OC)N(c2cccc(-c3cn4c(n3)SCC4)c2)C=CC=C1. The molecule has 0 atom stereocenters. The molecule has 0 bridgehead atoms. The Morgan fingerprint density at radius 2 is 1.97 bits per heavy atom. The Morgan fingerprint density at radius 3 is 2.72 bits per heavy atom. The number of benzene rings is 1. The van der Waals surface area contributed by atoms with Crippen LogP contribution in [0.5, 0.6) is 0 Å². The minimum Gasteiger partial charge on any atom is -0.465 e. The van der Waals surface area contributed by atoms with Gasteiger partial charge in [-0.1, -0.05) is 30.0 Å². The number of anilines is 1. The lowest BCUT2D eigenvalue weighted by atomic mass is 10.1. The van der Waals surface area contributed by atoms with E-state index in [1.54, 1.807) is 35.0 Å². The zero-order valence-corrected chi connectivity index (χ0v) is 16.8. The fourth-order valence-electron chi connectivity index (χ4n) is 3.23. The Bertz CT molecular complexity index is 1050. The van der Waals surface area contributed by atoms with Crippen molar-refractivity contribution in [3.63, 3.8) is 0 Å². The fourth-order valence-corrected chi connectivity index (χ4v) is 4.17. The summed E-state index contributed by atoms with van der Waals surface area (Å²) in [5.74, 6) is -0.212. The van der Waals surface area contributed by atoms with Crippen LogP contribution in [0, 0.1) is 0 Å². The van der Waals surface area contributed by atoms with Gasteiger partial charge in [-0.15, -0.1) is 0 Å². The summed E-state index contributed by atoms with van der Waals surface area (Å²) in [6.07, 6.45) is 8.70. The molecule has 148 valence electrons. The van der Waals surface area contributed by atoms with E-state index in [9.17, 15) is 9.59 Å². The summed E-state index contributed by atoms with van der Waals surface area (Å²) in [5, 5.41) is 1.01. The Kier molecular flexibility index (Phi) is 5.26. The summed E-state index contributed by atoms with van der Waals surface area (Å²) in [4.78, 5) is 31.2. The number of aromatic nitrogens is 2. The van der Waals surface area contributed by atoms with Gasteiger partial charge < -0.3 is 18.9 Å². The molecule has 0 unspecified atom stereocenters. The van der Waals surface area contributed by atoms with Crippen molar-refractivity contribution in [2.24, 2.45) is 0 Å². The molecule has 0 radical (unpaired) electrons. The molecule has 29 heavy (non-hydrogen) atoms. The van der Waals surface area contributed by atoms with Crippen LogP contribution in [-0.2, 0) is 25.6 Å². The number of ether oxygens (including phenoxy) is 2. The van der Waals surface area contributed by atoms with Gasteiger partial charge in [-0.2, -0.15) is 0 Å². The summed E-state index contributed by atoms with van der Waals surface area (Å²) in [6.45, 7) is 0.949. The van der Waals surface area contributed by atoms with Gasteiger partial charge in [0.15, 0.2) is 5.16 Å². The molecule has 7 nitrogen and oxygen atoms in total. The van der Waals surface area contributed by atoms with E-state index < -0.39 is 11.9 Å². The Balaban J connectivity index is 1.79. The van der Waals surface area contributed by atoms with Crippen LogP contribution in [0.15, 0.2) is 71.3 Å². The second-order valence-electron chi connectivity index (χ2n) is 6.32. The molecular weight excluding hydrogens is 390 g/mol. The van der Waals surface area contributed by atoms with Gasteiger partial charge in [0, 0.05) is 35.9 Å². The number of carbonyl (C=O) groups excluding carboxylic acids is 2. The van der Waals surface area contributed by atoms with E-state index >= 15 is 0 Å². The lowest BCUT2D eigenvalue weighted by Gasteiger charge is -2.23. The van der Waals surface area contributed by atoms with Gasteiger partial charge in [-0.05, 0) is 24.3 Å². The van der Waals surface area contributed by atoms with E-state index in [2.05, 4.69) is 4.57 Å². The smallest absolute Gasteiger partial charge is 0.355 e. The average molecular weight is 409 g/mol. The molecule has 8 heteroatoms. The highest BCUT2D eigenvalue weighted by molar-refractivity contribution is 7.99. The van der Waals surface area contributed by atoms with Gasteiger partial charge in [-0.25, -0.2) is 14.6 Å². The quantitative estimate of drug-likeness (QED) is 0.718. The number of thioether (sulfide) groups is 1. The maximum absolute atomic E-state index is 12.6. The van der Waals surface area contributed by atoms with E-state index in [-0.39, 0.29) is 11.3 Å². The number of fused-ring (bicyclic) bond motifs is 1. The predicted octanol–water partition coefficient (Wildman–Crippen LogP) is 3.15. The molecule has 0 spiro atoms. The first-order valence-corrected chi connectivity index (χ1v) is 9.96. The largest absolute Gasteiger partial charge is 0.465 e. The first kappa shape index (κ1) is 19.1. The monoisotopic (exact) mass is 409 g/mol. The van der Waals surface area contributed by atoms with Crippen molar-refractivity contribution in [3.8, 4) is 11.3 Å². The van der Waals surface area contributed by atoms with Crippen molar-refractivity contribution in [2.45, 2.75) is 11.7 Å². The summed E-state index contributed by atoms with van der Waals surface area (Å²) in [7, 11) is 2.55. The normalized spacial score (nSPS) is 15.3. The van der Waals surface area contributed by atoms with Gasteiger partial charge in [0.2, 0.25) is 0 Å². The van der Waals surface area contributed by atoms with Crippen LogP contribution in [-0.4, -0.2) is 41.5 Å². The number of rotatable bonds is 4. The molecule has 2 aromatic rings. The minimum atomic E-state index is -0.635. The first-order valence-electron chi connectivity index (χ1n) is 8.98. The second-order valence-corrected chi connectivity index (χ2v) is 7.38. The van der Waals surface area contributed by atoms with E-state index in [1.807, 2.05) is 30.5 Å². The molecule has 3 heterocycles. The molecule has 2 aliphatic rings.